The summed E-state index contributed by atoms with van der Waals surface area (Å²) >= 11 is 12.7. The molecule has 0 N–H and O–H groups in total. The van der Waals surface area contributed by atoms with Crippen LogP contribution in [0.1, 0.15) is 10.4 Å². The monoisotopic (exact) mass is 332 g/mol. The molecule has 0 atom stereocenters. The summed E-state index contributed by atoms with van der Waals surface area (Å²) < 4.78 is 1.89. The Morgan fingerprint density at radius 2 is 2.15 bits per heavy atom. The summed E-state index contributed by atoms with van der Waals surface area (Å²) in [6.07, 6.45) is 2.32. The van der Waals surface area contributed by atoms with Crippen LogP contribution in [0.25, 0.3) is 0 Å². The molecule has 2 heterocycles. The van der Waals surface area contributed by atoms with Crippen LogP contribution >= 0.6 is 34.5 Å². The smallest absolute Gasteiger partial charge is 0.332 e. The number of hydrogen-bond donors (Lipinski definition) is 0. The molecule has 9 heteroatoms. The quantitative estimate of drug-likeness (QED) is 0.489. The van der Waals surface area contributed by atoms with Crippen molar-refractivity contribution in [3.8, 4) is 0 Å². The van der Waals surface area contributed by atoms with Gasteiger partial charge in [-0.15, -0.1) is 11.3 Å². The van der Waals surface area contributed by atoms with Crippen LogP contribution in [0.5, 0.6) is 0 Å². The molecule has 2 aromatic rings. The predicted octanol–water partition coefficient (Wildman–Crippen LogP) is 3.01. The number of aromatic nitrogens is 1. The maximum absolute atomic E-state index is 12.0. The molecule has 0 spiro atoms. The number of carbonyl (C=O) groups is 1. The zero-order chi connectivity index (χ0) is 14.9. The normalized spacial score (nSPS) is 10.5. The number of ketones is 1. The van der Waals surface area contributed by atoms with E-state index in [9.17, 15) is 19.7 Å². The van der Waals surface area contributed by atoms with E-state index in [2.05, 4.69) is 0 Å². The molecular formula is C11H6Cl2N2O4S. The third-order valence-corrected chi connectivity index (χ3v) is 3.93. The first-order valence-corrected chi connectivity index (χ1v) is 6.78. The minimum absolute atomic E-state index is 0.173. The third-order valence-electron chi connectivity index (χ3n) is 2.44. The van der Waals surface area contributed by atoms with Gasteiger partial charge in [-0.2, -0.15) is 0 Å². The highest BCUT2D eigenvalue weighted by Crippen LogP contribution is 2.31. The van der Waals surface area contributed by atoms with E-state index in [0.717, 1.165) is 23.6 Å². The van der Waals surface area contributed by atoms with Gasteiger partial charge in [-0.05, 0) is 6.07 Å². The first-order valence-electron chi connectivity index (χ1n) is 5.21. The minimum Gasteiger partial charge on any atom is -0.340 e. The second-order valence-corrected chi connectivity index (χ2v) is 6.07. The molecule has 2 aromatic heterocycles. The molecule has 0 radical (unpaired) electrons. The van der Waals surface area contributed by atoms with Crippen molar-refractivity contribution >= 4 is 46.0 Å². The Bertz CT molecular complexity index is 753. The third kappa shape index (κ3) is 3.06. The Morgan fingerprint density at radius 1 is 1.45 bits per heavy atom. The van der Waals surface area contributed by atoms with E-state index < -0.39 is 16.0 Å². The summed E-state index contributed by atoms with van der Waals surface area (Å²) in [5, 5.41) is 10.7. The lowest BCUT2D eigenvalue weighted by Gasteiger charge is -2.04. The molecule has 0 aliphatic rings. The fourth-order valence-electron chi connectivity index (χ4n) is 1.53. The standard InChI is InChI=1S/C11H6Cl2N2O4S/c12-10-3-6(11(13)20-10)9(17)5-14-2-1-8(16)7(4-14)15(18)19/h1-4H,5H2. The van der Waals surface area contributed by atoms with Crippen LogP contribution in [0.4, 0.5) is 5.69 Å². The van der Waals surface area contributed by atoms with Crippen molar-refractivity contribution in [1.82, 2.24) is 4.57 Å². The zero-order valence-electron chi connectivity index (χ0n) is 9.71. The number of Topliss-reactive ketones (excluding diaryl/α,β-unsaturated/α-hetero) is 1. The molecule has 0 fully saturated rings. The Balaban J connectivity index is 2.29. The van der Waals surface area contributed by atoms with Crippen molar-refractivity contribution in [3.63, 3.8) is 0 Å². The van der Waals surface area contributed by atoms with Gasteiger partial charge in [0.15, 0.2) is 5.78 Å². The fourth-order valence-corrected chi connectivity index (χ4v) is 3.03. The van der Waals surface area contributed by atoms with Crippen molar-refractivity contribution in [1.29, 1.82) is 0 Å². The maximum atomic E-state index is 12.0. The van der Waals surface area contributed by atoms with Gasteiger partial charge in [0.2, 0.25) is 0 Å². The highest BCUT2D eigenvalue weighted by atomic mass is 35.5. The molecule has 2 rings (SSSR count). The largest absolute Gasteiger partial charge is 0.340 e. The Labute approximate surface area is 126 Å². The van der Waals surface area contributed by atoms with Crippen LogP contribution in [0.2, 0.25) is 8.67 Å². The topological polar surface area (TPSA) is 82.2 Å². The molecule has 0 saturated heterocycles. The molecule has 6 nitrogen and oxygen atoms in total. The predicted molar refractivity (Wildman–Crippen MR) is 76.0 cm³/mol. The molecular weight excluding hydrogens is 327 g/mol. The van der Waals surface area contributed by atoms with Crippen molar-refractivity contribution in [2.75, 3.05) is 0 Å². The van der Waals surface area contributed by atoms with Gasteiger partial charge in [0, 0.05) is 12.3 Å². The number of hydrogen-bond acceptors (Lipinski definition) is 5. The zero-order valence-corrected chi connectivity index (χ0v) is 12.0. The van der Waals surface area contributed by atoms with E-state index in [0.29, 0.717) is 4.34 Å². The van der Waals surface area contributed by atoms with Crippen LogP contribution in [0, 0.1) is 10.1 Å². The second-order valence-electron chi connectivity index (χ2n) is 3.78. The van der Waals surface area contributed by atoms with Crippen molar-refractivity contribution in [2.45, 2.75) is 6.54 Å². The summed E-state index contributed by atoms with van der Waals surface area (Å²) in [4.78, 5) is 33.1. The van der Waals surface area contributed by atoms with E-state index in [-0.39, 0.29) is 22.2 Å². The highest BCUT2D eigenvalue weighted by molar-refractivity contribution is 7.20. The second kappa shape index (κ2) is 5.74. The molecule has 0 aromatic carbocycles. The molecule has 0 amide bonds. The Morgan fingerprint density at radius 3 is 2.70 bits per heavy atom. The van der Waals surface area contributed by atoms with Crippen molar-refractivity contribution < 1.29 is 9.72 Å². The minimum atomic E-state index is -0.794. The summed E-state index contributed by atoms with van der Waals surface area (Å²) in [5.74, 6) is -0.351. The number of thiophene rings is 1. The SMILES string of the molecule is O=C(Cn1ccc(=O)c([N+](=O)[O-])c1)c1cc(Cl)sc1Cl. The summed E-state index contributed by atoms with van der Waals surface area (Å²) in [6, 6.07) is 2.47. The van der Waals surface area contributed by atoms with E-state index >= 15 is 0 Å². The van der Waals surface area contributed by atoms with Crippen LogP contribution in [0.15, 0.2) is 29.3 Å². The van der Waals surface area contributed by atoms with E-state index in [4.69, 9.17) is 23.2 Å². The molecule has 20 heavy (non-hydrogen) atoms. The first-order chi connectivity index (χ1) is 9.38. The number of pyridine rings is 1. The van der Waals surface area contributed by atoms with Crippen molar-refractivity contribution in [3.05, 3.63) is 59.1 Å². The van der Waals surface area contributed by atoms with Gasteiger partial charge < -0.3 is 4.57 Å². The lowest BCUT2D eigenvalue weighted by Crippen LogP contribution is -2.15. The lowest BCUT2D eigenvalue weighted by molar-refractivity contribution is -0.386. The van der Waals surface area contributed by atoms with Crippen LogP contribution in [0.3, 0.4) is 0 Å². The number of nitrogens with zero attached hydrogens (tertiary/aromatic N) is 2. The average molecular weight is 333 g/mol. The van der Waals surface area contributed by atoms with Crippen LogP contribution < -0.4 is 5.43 Å². The maximum Gasteiger partial charge on any atom is 0.332 e. The van der Waals surface area contributed by atoms with Crippen LogP contribution in [-0.2, 0) is 6.54 Å². The molecule has 0 aliphatic carbocycles. The van der Waals surface area contributed by atoms with Gasteiger partial charge in [0.05, 0.1) is 27.6 Å². The first kappa shape index (κ1) is 14.7. The van der Waals surface area contributed by atoms with Gasteiger partial charge in [-0.1, -0.05) is 23.2 Å². The lowest BCUT2D eigenvalue weighted by atomic mass is 10.2. The molecule has 0 aliphatic heterocycles. The van der Waals surface area contributed by atoms with Gasteiger partial charge in [0.25, 0.3) is 5.43 Å². The van der Waals surface area contributed by atoms with Gasteiger partial charge >= 0.3 is 5.69 Å². The van der Waals surface area contributed by atoms with E-state index in [1.165, 1.54) is 16.8 Å². The molecule has 0 bridgehead atoms. The summed E-state index contributed by atoms with van der Waals surface area (Å²) in [7, 11) is 0. The van der Waals surface area contributed by atoms with Crippen LogP contribution in [-0.4, -0.2) is 15.3 Å². The molecule has 0 saturated carbocycles. The fraction of sp³-hybridized carbons (Fsp3) is 0.0909. The Hall–Kier alpha value is -1.70. The molecule has 104 valence electrons. The van der Waals surface area contributed by atoms with Gasteiger partial charge in [-0.3, -0.25) is 19.7 Å². The van der Waals surface area contributed by atoms with Gasteiger partial charge in [-0.25, -0.2) is 0 Å². The number of carbonyl (C=O) groups excluding carboxylic acids is 1. The summed E-state index contributed by atoms with van der Waals surface area (Å²) in [6.45, 7) is -0.173. The summed E-state index contributed by atoms with van der Waals surface area (Å²) in [5.41, 5.74) is -1.05. The van der Waals surface area contributed by atoms with E-state index in [1.807, 2.05) is 0 Å². The number of nitro groups is 1. The number of halogens is 2. The average Bonchev–Trinajstić information content (AvgIpc) is 2.70. The molecule has 0 unspecified atom stereocenters. The van der Waals surface area contributed by atoms with E-state index in [1.54, 1.807) is 0 Å². The number of rotatable bonds is 4. The van der Waals surface area contributed by atoms with Crippen molar-refractivity contribution in [2.24, 2.45) is 0 Å². The highest BCUT2D eigenvalue weighted by Gasteiger charge is 2.17. The Kier molecular flexibility index (Phi) is 4.22. The van der Waals surface area contributed by atoms with Gasteiger partial charge in [0.1, 0.15) is 4.34 Å².